The lowest BCUT2D eigenvalue weighted by Gasteiger charge is -2.22. The van der Waals surface area contributed by atoms with E-state index in [-0.39, 0.29) is 21.6 Å². The molecule has 0 spiro atoms. The number of allylic oxidation sites excluding steroid dienone is 4. The van der Waals surface area contributed by atoms with E-state index in [0.717, 1.165) is 18.4 Å². The predicted molar refractivity (Wildman–Crippen MR) is 91.8 cm³/mol. The summed E-state index contributed by atoms with van der Waals surface area (Å²) in [5, 5.41) is 0.504. The first-order chi connectivity index (χ1) is 11.1. The first-order valence-electron chi connectivity index (χ1n) is 7.04. The van der Waals surface area contributed by atoms with E-state index in [4.69, 9.17) is 33.7 Å². The number of ether oxygens (including phenoxy) is 1. The van der Waals surface area contributed by atoms with Crippen LogP contribution in [0.2, 0.25) is 10.0 Å². The summed E-state index contributed by atoms with van der Waals surface area (Å²) >= 11 is 12.0. The first kappa shape index (κ1) is 15.7. The van der Waals surface area contributed by atoms with Crippen LogP contribution < -0.4 is 5.73 Å². The van der Waals surface area contributed by atoms with Gasteiger partial charge in [-0.2, -0.15) is 0 Å². The average molecular weight is 349 g/mol. The van der Waals surface area contributed by atoms with Crippen LogP contribution in [0, 0.1) is 0 Å². The van der Waals surface area contributed by atoms with Crippen molar-refractivity contribution in [3.63, 3.8) is 0 Å². The van der Waals surface area contributed by atoms with Crippen molar-refractivity contribution in [1.29, 1.82) is 0 Å². The number of carbonyl (C=O) groups excluding carboxylic acids is 1. The van der Waals surface area contributed by atoms with Gasteiger partial charge in [0.2, 0.25) is 0 Å². The summed E-state index contributed by atoms with van der Waals surface area (Å²) in [6.45, 7) is 0. The van der Waals surface area contributed by atoms with Crippen molar-refractivity contribution >= 4 is 34.8 Å². The third-order valence-corrected chi connectivity index (χ3v) is 4.19. The summed E-state index contributed by atoms with van der Waals surface area (Å²) in [4.78, 5) is 14.1. The van der Waals surface area contributed by atoms with Crippen LogP contribution in [0.5, 0.6) is 0 Å². The Bertz CT molecular complexity index is 756. The first-order valence-corrected chi connectivity index (χ1v) is 7.80. The summed E-state index contributed by atoms with van der Waals surface area (Å²) in [6, 6.07) is 3.01. The molecule has 0 unspecified atom stereocenters. The molecule has 23 heavy (non-hydrogen) atoms. The van der Waals surface area contributed by atoms with Gasteiger partial charge in [0.25, 0.3) is 5.91 Å². The number of hydrogen-bond acceptors (Lipinski definition) is 3. The van der Waals surface area contributed by atoms with Crippen molar-refractivity contribution in [3.05, 3.63) is 76.0 Å². The molecule has 0 saturated carbocycles. The molecule has 0 aromatic heterocycles. The molecule has 4 nitrogen and oxygen atoms in total. The Hall–Kier alpha value is -2.17. The lowest BCUT2D eigenvalue weighted by atomic mass is 10.0. The molecule has 0 atom stereocenters. The molecular formula is C17H14Cl2N2O2. The minimum Gasteiger partial charge on any atom is -0.462 e. The van der Waals surface area contributed by atoms with Crippen LogP contribution in [0.15, 0.2) is 60.4 Å². The number of benzene rings is 1. The highest BCUT2D eigenvalue weighted by atomic mass is 35.5. The minimum absolute atomic E-state index is 0.252. The van der Waals surface area contributed by atoms with E-state index in [9.17, 15) is 4.79 Å². The number of amides is 1. The van der Waals surface area contributed by atoms with Gasteiger partial charge in [-0.05, 0) is 30.5 Å². The molecule has 118 valence electrons. The van der Waals surface area contributed by atoms with E-state index in [1.165, 1.54) is 23.3 Å². The van der Waals surface area contributed by atoms with Gasteiger partial charge in [-0.15, -0.1) is 0 Å². The van der Waals surface area contributed by atoms with Crippen LogP contribution in [0.3, 0.4) is 0 Å². The number of hydrogen-bond donors (Lipinski definition) is 1. The van der Waals surface area contributed by atoms with E-state index in [1.54, 1.807) is 12.4 Å². The molecule has 0 saturated heterocycles. The Kier molecular flexibility index (Phi) is 4.46. The van der Waals surface area contributed by atoms with Crippen LogP contribution in [0.25, 0.3) is 0 Å². The average Bonchev–Trinajstić information content (AvgIpc) is 2.59. The third-order valence-electron chi connectivity index (χ3n) is 3.56. The molecule has 1 aromatic carbocycles. The van der Waals surface area contributed by atoms with Crippen molar-refractivity contribution in [2.24, 2.45) is 0 Å². The van der Waals surface area contributed by atoms with Gasteiger partial charge in [0.15, 0.2) is 0 Å². The van der Waals surface area contributed by atoms with E-state index < -0.39 is 0 Å². The van der Waals surface area contributed by atoms with E-state index in [0.29, 0.717) is 11.3 Å². The number of halogens is 2. The van der Waals surface area contributed by atoms with Gasteiger partial charge >= 0.3 is 0 Å². The minimum atomic E-state index is -0.266. The van der Waals surface area contributed by atoms with E-state index in [1.807, 2.05) is 12.2 Å². The molecule has 3 rings (SSSR count). The maximum atomic E-state index is 12.6. The fourth-order valence-electron chi connectivity index (χ4n) is 2.32. The van der Waals surface area contributed by atoms with Crippen molar-refractivity contribution < 1.29 is 9.53 Å². The van der Waals surface area contributed by atoms with Gasteiger partial charge in [-0.25, -0.2) is 0 Å². The Morgan fingerprint density at radius 2 is 2.00 bits per heavy atom. The standard InChI is InChI=1S/C17H14Cl2N2O2/c18-13-8-12(9-14(19)16(13)20)17(22)21-6-7-23-15(10-21)11-4-2-1-3-5-11/h1-2,4,6-10H,3,5,20H2. The van der Waals surface area contributed by atoms with Crippen molar-refractivity contribution in [2.75, 3.05) is 5.73 Å². The summed E-state index contributed by atoms with van der Waals surface area (Å²) in [5.41, 5.74) is 7.36. The quantitative estimate of drug-likeness (QED) is 0.792. The second-order valence-corrected chi connectivity index (χ2v) is 5.94. The number of rotatable bonds is 2. The van der Waals surface area contributed by atoms with Gasteiger partial charge in [0.05, 0.1) is 21.9 Å². The molecule has 1 heterocycles. The van der Waals surface area contributed by atoms with Crippen molar-refractivity contribution in [1.82, 2.24) is 4.90 Å². The van der Waals surface area contributed by atoms with Gasteiger partial charge < -0.3 is 10.5 Å². The SMILES string of the molecule is Nc1c(Cl)cc(C(=O)N2C=COC(C3=CC=CCC3)=C2)cc1Cl. The van der Waals surface area contributed by atoms with E-state index in [2.05, 4.69) is 6.08 Å². The molecule has 0 radical (unpaired) electrons. The summed E-state index contributed by atoms with van der Waals surface area (Å²) < 4.78 is 5.51. The lowest BCUT2D eigenvalue weighted by molar-refractivity contribution is 0.0855. The third kappa shape index (κ3) is 3.28. The highest BCUT2D eigenvalue weighted by molar-refractivity contribution is 6.39. The maximum Gasteiger partial charge on any atom is 0.262 e. The number of nitrogens with two attached hydrogens (primary N) is 1. The van der Waals surface area contributed by atoms with E-state index >= 15 is 0 Å². The fourth-order valence-corrected chi connectivity index (χ4v) is 2.81. The number of nitrogen functional groups attached to an aromatic ring is 1. The predicted octanol–water partition coefficient (Wildman–Crippen LogP) is 4.64. The van der Waals surface area contributed by atoms with Crippen LogP contribution >= 0.6 is 23.2 Å². The topological polar surface area (TPSA) is 55.6 Å². The molecule has 2 aliphatic rings. The molecule has 0 bridgehead atoms. The molecular weight excluding hydrogens is 335 g/mol. The van der Waals surface area contributed by atoms with Gasteiger partial charge in [0.1, 0.15) is 12.0 Å². The maximum absolute atomic E-state index is 12.6. The number of carbonyl (C=O) groups is 1. The van der Waals surface area contributed by atoms with Crippen LogP contribution in [0.4, 0.5) is 5.69 Å². The fraction of sp³-hybridized carbons (Fsp3) is 0.118. The zero-order chi connectivity index (χ0) is 16.4. The van der Waals surface area contributed by atoms with Gasteiger partial charge in [-0.1, -0.05) is 41.4 Å². The summed E-state index contributed by atoms with van der Waals surface area (Å²) in [5.74, 6) is 0.385. The molecule has 0 fully saturated rings. The zero-order valence-electron chi connectivity index (χ0n) is 12.1. The normalized spacial score (nSPS) is 16.7. The highest BCUT2D eigenvalue weighted by Gasteiger charge is 2.20. The zero-order valence-corrected chi connectivity index (χ0v) is 13.6. The number of anilines is 1. The summed E-state index contributed by atoms with van der Waals surface area (Å²) in [7, 11) is 0. The molecule has 1 amide bonds. The smallest absolute Gasteiger partial charge is 0.262 e. The lowest BCUT2D eigenvalue weighted by Crippen LogP contribution is -2.23. The second-order valence-electron chi connectivity index (χ2n) is 5.12. The molecule has 1 aromatic rings. The molecule has 6 heteroatoms. The van der Waals surface area contributed by atoms with Crippen LogP contribution in [-0.2, 0) is 4.74 Å². The Labute approximate surface area is 144 Å². The summed E-state index contributed by atoms with van der Waals surface area (Å²) in [6.07, 6.45) is 12.6. The van der Waals surface area contributed by atoms with Crippen molar-refractivity contribution in [2.45, 2.75) is 12.8 Å². The van der Waals surface area contributed by atoms with Crippen molar-refractivity contribution in [3.8, 4) is 0 Å². The Balaban J connectivity index is 1.88. The molecule has 1 aliphatic heterocycles. The van der Waals surface area contributed by atoms with Gasteiger partial charge in [0, 0.05) is 11.8 Å². The highest BCUT2D eigenvalue weighted by Crippen LogP contribution is 2.30. The van der Waals surface area contributed by atoms with Crippen LogP contribution in [0.1, 0.15) is 23.2 Å². The second kappa shape index (κ2) is 6.52. The Morgan fingerprint density at radius 1 is 1.26 bits per heavy atom. The van der Waals surface area contributed by atoms with Crippen LogP contribution in [-0.4, -0.2) is 10.8 Å². The van der Waals surface area contributed by atoms with Gasteiger partial charge in [-0.3, -0.25) is 9.69 Å². The Morgan fingerprint density at radius 3 is 2.65 bits per heavy atom. The molecule has 1 aliphatic carbocycles. The largest absolute Gasteiger partial charge is 0.462 e. The molecule has 2 N–H and O–H groups in total. The monoisotopic (exact) mass is 348 g/mol. The number of nitrogens with zero attached hydrogens (tertiary/aromatic N) is 1.